The highest BCUT2D eigenvalue weighted by atomic mass is 16.5. The van der Waals surface area contributed by atoms with E-state index in [0.29, 0.717) is 5.92 Å². The van der Waals surface area contributed by atoms with Gasteiger partial charge in [0.15, 0.2) is 0 Å². The summed E-state index contributed by atoms with van der Waals surface area (Å²) in [5.41, 5.74) is 3.32. The first kappa shape index (κ1) is 14.6. The molecule has 0 radical (unpaired) electrons. The van der Waals surface area contributed by atoms with Gasteiger partial charge in [0.05, 0.1) is 18.6 Å². The number of aryl methyl sites for hydroxylation is 1. The predicted molar refractivity (Wildman–Crippen MR) is 74.9 cm³/mol. The Morgan fingerprint density at radius 3 is 2.39 bits per heavy atom. The highest BCUT2D eigenvalue weighted by Crippen LogP contribution is 2.32. The first-order valence-electron chi connectivity index (χ1n) is 6.39. The molecule has 0 aliphatic rings. The molecule has 0 unspecified atom stereocenters. The molecule has 0 N–H and O–H groups in total. The molecule has 0 saturated carbocycles. The lowest BCUT2D eigenvalue weighted by atomic mass is 9.84. The zero-order valence-electron chi connectivity index (χ0n) is 12.3. The minimum Gasteiger partial charge on any atom is -0.496 e. The largest absolute Gasteiger partial charge is 0.496 e. The number of hydrogen-bond donors (Lipinski definition) is 0. The molecule has 2 heteroatoms. The molecule has 0 aliphatic carbocycles. The van der Waals surface area contributed by atoms with Crippen LogP contribution in [0.5, 0.6) is 5.75 Å². The summed E-state index contributed by atoms with van der Waals surface area (Å²) in [5, 5.41) is 9.15. The van der Waals surface area contributed by atoms with Crippen LogP contribution in [0, 0.1) is 23.7 Å². The smallest absolute Gasteiger partial charge is 0.122 e. The fraction of sp³-hybridized carbons (Fsp3) is 0.562. The van der Waals surface area contributed by atoms with Crippen molar-refractivity contribution in [2.24, 2.45) is 5.41 Å². The Balaban J connectivity index is 3.23. The summed E-state index contributed by atoms with van der Waals surface area (Å²) < 4.78 is 5.43. The van der Waals surface area contributed by atoms with Gasteiger partial charge in [0.25, 0.3) is 0 Å². The SMILES string of the molecule is COc1cc(C)c(CC(C)(C)C#N)cc1C(C)C. The van der Waals surface area contributed by atoms with E-state index in [2.05, 4.69) is 39.0 Å². The second-order valence-electron chi connectivity index (χ2n) is 5.85. The molecule has 2 nitrogen and oxygen atoms in total. The molecule has 0 aromatic heterocycles. The standard InChI is InChI=1S/C16H23NO/c1-11(2)14-8-13(9-16(4,5)10-17)12(3)7-15(14)18-6/h7-8,11H,9H2,1-6H3. The van der Waals surface area contributed by atoms with Crippen molar-refractivity contribution < 1.29 is 4.74 Å². The fourth-order valence-corrected chi connectivity index (χ4v) is 2.08. The number of benzene rings is 1. The molecule has 0 aliphatic heterocycles. The maximum Gasteiger partial charge on any atom is 0.122 e. The molecule has 0 saturated heterocycles. The van der Waals surface area contributed by atoms with Gasteiger partial charge in [0.1, 0.15) is 5.75 Å². The van der Waals surface area contributed by atoms with Crippen molar-refractivity contribution in [3.63, 3.8) is 0 Å². The number of ether oxygens (including phenoxy) is 1. The van der Waals surface area contributed by atoms with Crippen LogP contribution in [0.3, 0.4) is 0 Å². The number of hydrogen-bond acceptors (Lipinski definition) is 2. The van der Waals surface area contributed by atoms with Gasteiger partial charge in [-0.15, -0.1) is 0 Å². The van der Waals surface area contributed by atoms with Crippen LogP contribution in [0.15, 0.2) is 12.1 Å². The summed E-state index contributed by atoms with van der Waals surface area (Å²) in [7, 11) is 1.71. The van der Waals surface area contributed by atoms with Gasteiger partial charge in [-0.05, 0) is 55.9 Å². The molecular weight excluding hydrogens is 222 g/mol. The zero-order valence-corrected chi connectivity index (χ0v) is 12.3. The van der Waals surface area contributed by atoms with Gasteiger partial charge in [-0.1, -0.05) is 19.9 Å². The Hall–Kier alpha value is -1.49. The third-order valence-electron chi connectivity index (χ3n) is 3.25. The van der Waals surface area contributed by atoms with E-state index in [1.165, 1.54) is 16.7 Å². The van der Waals surface area contributed by atoms with Crippen LogP contribution in [0.4, 0.5) is 0 Å². The molecule has 1 rings (SSSR count). The lowest BCUT2D eigenvalue weighted by Crippen LogP contribution is -2.13. The average Bonchev–Trinajstić information content (AvgIpc) is 2.30. The summed E-state index contributed by atoms with van der Waals surface area (Å²) in [6, 6.07) is 6.64. The summed E-state index contributed by atoms with van der Waals surface area (Å²) >= 11 is 0. The molecule has 98 valence electrons. The number of rotatable bonds is 4. The molecule has 0 bridgehead atoms. The first-order valence-corrected chi connectivity index (χ1v) is 6.39. The Labute approximate surface area is 111 Å². The van der Waals surface area contributed by atoms with Gasteiger partial charge in [0, 0.05) is 0 Å². The Kier molecular flexibility index (Phi) is 4.40. The van der Waals surface area contributed by atoms with Gasteiger partial charge in [-0.25, -0.2) is 0 Å². The molecule has 0 heterocycles. The van der Waals surface area contributed by atoms with Crippen LogP contribution in [0.1, 0.15) is 50.3 Å². The fourth-order valence-electron chi connectivity index (χ4n) is 2.08. The third kappa shape index (κ3) is 3.26. The van der Waals surface area contributed by atoms with E-state index in [-0.39, 0.29) is 5.41 Å². The topological polar surface area (TPSA) is 33.0 Å². The normalized spacial score (nSPS) is 11.4. The summed E-state index contributed by atoms with van der Waals surface area (Å²) in [4.78, 5) is 0. The van der Waals surface area contributed by atoms with E-state index >= 15 is 0 Å². The van der Waals surface area contributed by atoms with Gasteiger partial charge in [0.2, 0.25) is 0 Å². The highest BCUT2D eigenvalue weighted by Gasteiger charge is 2.20. The average molecular weight is 245 g/mol. The molecule has 18 heavy (non-hydrogen) atoms. The molecule has 0 spiro atoms. The number of nitriles is 1. The van der Waals surface area contributed by atoms with Crippen LogP contribution in [-0.4, -0.2) is 7.11 Å². The second-order valence-corrected chi connectivity index (χ2v) is 5.85. The Morgan fingerprint density at radius 2 is 1.94 bits per heavy atom. The predicted octanol–water partition coefficient (Wildman–Crippen LogP) is 4.22. The summed E-state index contributed by atoms with van der Waals surface area (Å²) in [6.07, 6.45) is 0.777. The molecule has 1 aromatic carbocycles. The maximum absolute atomic E-state index is 9.15. The minimum absolute atomic E-state index is 0.326. The first-order chi connectivity index (χ1) is 8.30. The molecule has 0 fully saturated rings. The molecule has 0 atom stereocenters. The minimum atomic E-state index is -0.326. The van der Waals surface area contributed by atoms with Crippen molar-refractivity contribution >= 4 is 0 Å². The van der Waals surface area contributed by atoms with Crippen LogP contribution < -0.4 is 4.74 Å². The highest BCUT2D eigenvalue weighted by molar-refractivity contribution is 5.44. The monoisotopic (exact) mass is 245 g/mol. The van der Waals surface area contributed by atoms with Crippen molar-refractivity contribution in [2.75, 3.05) is 7.11 Å². The van der Waals surface area contributed by atoms with Crippen molar-refractivity contribution in [1.29, 1.82) is 5.26 Å². The van der Waals surface area contributed by atoms with E-state index in [1.54, 1.807) is 7.11 Å². The van der Waals surface area contributed by atoms with E-state index in [0.717, 1.165) is 12.2 Å². The lowest BCUT2D eigenvalue weighted by molar-refractivity contribution is 0.406. The molecular formula is C16H23NO. The van der Waals surface area contributed by atoms with Gasteiger partial charge in [-0.2, -0.15) is 5.26 Å². The van der Waals surface area contributed by atoms with Crippen molar-refractivity contribution in [2.45, 2.75) is 47.0 Å². The van der Waals surface area contributed by atoms with Crippen LogP contribution in [0.2, 0.25) is 0 Å². The van der Waals surface area contributed by atoms with Crippen molar-refractivity contribution in [1.82, 2.24) is 0 Å². The van der Waals surface area contributed by atoms with Gasteiger partial charge in [-0.3, -0.25) is 0 Å². The maximum atomic E-state index is 9.15. The van der Waals surface area contributed by atoms with E-state index in [4.69, 9.17) is 10.00 Å². The Morgan fingerprint density at radius 1 is 1.33 bits per heavy atom. The van der Waals surface area contributed by atoms with E-state index < -0.39 is 0 Å². The van der Waals surface area contributed by atoms with Gasteiger partial charge < -0.3 is 4.74 Å². The number of methoxy groups -OCH3 is 1. The van der Waals surface area contributed by atoms with E-state index in [9.17, 15) is 0 Å². The number of nitrogens with zero attached hydrogens (tertiary/aromatic N) is 1. The summed E-state index contributed by atoms with van der Waals surface area (Å²) in [5.74, 6) is 1.37. The summed E-state index contributed by atoms with van der Waals surface area (Å²) in [6.45, 7) is 10.4. The third-order valence-corrected chi connectivity index (χ3v) is 3.25. The van der Waals surface area contributed by atoms with Crippen molar-refractivity contribution in [3.8, 4) is 11.8 Å². The van der Waals surface area contributed by atoms with E-state index in [1.807, 2.05) is 13.8 Å². The van der Waals surface area contributed by atoms with Crippen LogP contribution in [0.25, 0.3) is 0 Å². The van der Waals surface area contributed by atoms with Gasteiger partial charge >= 0.3 is 0 Å². The van der Waals surface area contributed by atoms with Crippen molar-refractivity contribution in [3.05, 3.63) is 28.8 Å². The van der Waals surface area contributed by atoms with Crippen LogP contribution in [-0.2, 0) is 6.42 Å². The molecule has 0 amide bonds. The molecule has 1 aromatic rings. The quantitative estimate of drug-likeness (QED) is 0.795. The van der Waals surface area contributed by atoms with Crippen LogP contribution >= 0.6 is 0 Å². The zero-order chi connectivity index (χ0) is 13.9. The lowest BCUT2D eigenvalue weighted by Gasteiger charge is -2.20. The second kappa shape index (κ2) is 5.44. The Bertz CT molecular complexity index is 467.